The minimum absolute atomic E-state index is 0.0324. The van der Waals surface area contributed by atoms with Gasteiger partial charge in [0.2, 0.25) is 0 Å². The normalized spacial score (nSPS) is 16.7. The van der Waals surface area contributed by atoms with Gasteiger partial charge in [-0.1, -0.05) is 32.4 Å². The van der Waals surface area contributed by atoms with Gasteiger partial charge in [0, 0.05) is 16.1 Å². The first-order valence-corrected chi connectivity index (χ1v) is 8.70. The zero-order chi connectivity index (χ0) is 17.6. The van der Waals surface area contributed by atoms with E-state index in [1.807, 2.05) is 34.9 Å². The molecule has 2 aromatic heterocycles. The van der Waals surface area contributed by atoms with Crippen LogP contribution in [-0.4, -0.2) is 27.2 Å². The fourth-order valence-corrected chi connectivity index (χ4v) is 3.08. The molecule has 4 rings (SSSR count). The number of halogens is 1. The fraction of sp³-hybridized carbons (Fsp3) is 0.368. The van der Waals surface area contributed by atoms with Gasteiger partial charge in [0.1, 0.15) is 12.4 Å². The Bertz CT molecular complexity index is 913. The maximum absolute atomic E-state index is 6.09. The van der Waals surface area contributed by atoms with Crippen LogP contribution in [0.1, 0.15) is 26.5 Å². The first-order chi connectivity index (χ1) is 11.9. The molecule has 1 aliphatic rings. The van der Waals surface area contributed by atoms with Crippen LogP contribution in [0.2, 0.25) is 5.02 Å². The van der Waals surface area contributed by atoms with Crippen LogP contribution in [0, 0.1) is 0 Å². The van der Waals surface area contributed by atoms with Crippen molar-refractivity contribution in [2.24, 2.45) is 0 Å². The summed E-state index contributed by atoms with van der Waals surface area (Å²) in [6.07, 6.45) is 1.69. The van der Waals surface area contributed by atoms with Gasteiger partial charge in [-0.15, -0.1) is 0 Å². The number of aromatic nitrogens is 3. The van der Waals surface area contributed by atoms with Gasteiger partial charge in [-0.2, -0.15) is 4.98 Å². The Labute approximate surface area is 151 Å². The second kappa shape index (κ2) is 5.92. The van der Waals surface area contributed by atoms with Crippen LogP contribution in [-0.2, 0) is 12.0 Å². The van der Waals surface area contributed by atoms with E-state index in [9.17, 15) is 0 Å². The molecule has 0 radical (unpaired) electrons. The molecule has 3 heterocycles. The Hall–Kier alpha value is -2.27. The highest BCUT2D eigenvalue weighted by Crippen LogP contribution is 2.30. The van der Waals surface area contributed by atoms with Crippen LogP contribution in [0.25, 0.3) is 11.0 Å². The number of ether oxygens (including phenoxy) is 2. The third-order valence-electron chi connectivity index (χ3n) is 4.27. The molecule has 0 aliphatic carbocycles. The lowest BCUT2D eigenvalue weighted by molar-refractivity contribution is 0.143. The smallest absolute Gasteiger partial charge is 0.297 e. The van der Waals surface area contributed by atoms with E-state index in [-0.39, 0.29) is 11.5 Å². The van der Waals surface area contributed by atoms with Gasteiger partial charge in [-0.3, -0.25) is 9.55 Å². The average Bonchev–Trinajstić information content (AvgIpc) is 3.10. The highest BCUT2D eigenvalue weighted by molar-refractivity contribution is 6.31. The van der Waals surface area contributed by atoms with Gasteiger partial charge in [-0.25, -0.2) is 0 Å². The van der Waals surface area contributed by atoms with E-state index >= 15 is 0 Å². The van der Waals surface area contributed by atoms with Crippen molar-refractivity contribution in [2.75, 3.05) is 6.61 Å². The fourth-order valence-electron chi connectivity index (χ4n) is 2.92. The number of fused-ring (bicyclic) bond motifs is 3. The number of hydrogen-bond acceptors (Lipinski definition) is 4. The molecule has 0 saturated carbocycles. The van der Waals surface area contributed by atoms with Crippen LogP contribution in [0.3, 0.4) is 0 Å². The zero-order valence-electron chi connectivity index (χ0n) is 14.5. The molecule has 0 N–H and O–H groups in total. The van der Waals surface area contributed by atoms with Crippen molar-refractivity contribution < 1.29 is 9.47 Å². The lowest BCUT2D eigenvalue weighted by Gasteiger charge is -2.18. The van der Waals surface area contributed by atoms with Crippen molar-refractivity contribution in [3.8, 4) is 11.8 Å². The standard InChI is InChI=1S/C19H20ClN3O2/c1-19(2,3)17-7-5-13(9-21-17)24-11-14-10-23-16-8-12(20)4-6-15(16)22-18(23)25-14/h4-9,14H,10-11H2,1-3H3/t14-/m0/s1. The van der Waals surface area contributed by atoms with E-state index in [4.69, 9.17) is 21.1 Å². The molecule has 3 aromatic rings. The minimum atomic E-state index is -0.0758. The van der Waals surface area contributed by atoms with Crippen LogP contribution in [0.4, 0.5) is 0 Å². The molecule has 1 aliphatic heterocycles. The highest BCUT2D eigenvalue weighted by Gasteiger charge is 2.27. The Morgan fingerprint density at radius 2 is 2.12 bits per heavy atom. The number of imidazole rings is 1. The molecule has 0 spiro atoms. The number of benzene rings is 1. The summed E-state index contributed by atoms with van der Waals surface area (Å²) in [7, 11) is 0. The van der Waals surface area contributed by atoms with Gasteiger partial charge in [0.15, 0.2) is 6.10 Å². The molecular weight excluding hydrogens is 338 g/mol. The zero-order valence-corrected chi connectivity index (χ0v) is 15.2. The van der Waals surface area contributed by atoms with Gasteiger partial charge in [0.05, 0.1) is 23.8 Å². The largest absolute Gasteiger partial charge is 0.488 e. The summed E-state index contributed by atoms with van der Waals surface area (Å²) < 4.78 is 13.8. The summed E-state index contributed by atoms with van der Waals surface area (Å²) in [6.45, 7) is 7.56. The summed E-state index contributed by atoms with van der Waals surface area (Å²) in [4.78, 5) is 8.97. The first-order valence-electron chi connectivity index (χ1n) is 8.32. The lowest BCUT2D eigenvalue weighted by Crippen LogP contribution is -2.23. The lowest BCUT2D eigenvalue weighted by atomic mass is 9.92. The Morgan fingerprint density at radius 1 is 1.28 bits per heavy atom. The summed E-state index contributed by atoms with van der Waals surface area (Å²) >= 11 is 6.09. The molecule has 0 fully saturated rings. The van der Waals surface area contributed by atoms with Crippen molar-refractivity contribution in [1.29, 1.82) is 0 Å². The highest BCUT2D eigenvalue weighted by atomic mass is 35.5. The summed E-state index contributed by atoms with van der Waals surface area (Å²) in [5.74, 6) is 0.744. The van der Waals surface area contributed by atoms with E-state index in [0.717, 1.165) is 22.5 Å². The van der Waals surface area contributed by atoms with E-state index < -0.39 is 0 Å². The van der Waals surface area contributed by atoms with Gasteiger partial charge in [-0.05, 0) is 30.3 Å². The summed E-state index contributed by atoms with van der Waals surface area (Å²) in [5.41, 5.74) is 2.95. The molecule has 0 amide bonds. The van der Waals surface area contributed by atoms with Crippen LogP contribution in [0.15, 0.2) is 36.5 Å². The number of rotatable bonds is 3. The Morgan fingerprint density at radius 3 is 2.84 bits per heavy atom. The SMILES string of the molecule is CC(C)(C)c1ccc(OC[C@@H]2Cn3c(nc4ccc(Cl)cc43)O2)cn1. The maximum Gasteiger partial charge on any atom is 0.297 e. The molecule has 1 aromatic carbocycles. The summed E-state index contributed by atoms with van der Waals surface area (Å²) in [5, 5.41) is 0.694. The molecule has 5 nitrogen and oxygen atoms in total. The van der Waals surface area contributed by atoms with Gasteiger partial charge >= 0.3 is 0 Å². The average molecular weight is 358 g/mol. The molecule has 0 unspecified atom stereocenters. The van der Waals surface area contributed by atoms with E-state index in [0.29, 0.717) is 24.2 Å². The Balaban J connectivity index is 1.42. The second-order valence-electron chi connectivity index (χ2n) is 7.32. The molecule has 0 bridgehead atoms. The van der Waals surface area contributed by atoms with E-state index in [1.165, 1.54) is 0 Å². The molecule has 130 valence electrons. The van der Waals surface area contributed by atoms with Crippen molar-refractivity contribution in [2.45, 2.75) is 38.8 Å². The molecular formula is C19H20ClN3O2. The summed E-state index contributed by atoms with van der Waals surface area (Å²) in [6, 6.07) is 10.2. The third kappa shape index (κ3) is 3.16. The molecule has 6 heteroatoms. The molecule has 25 heavy (non-hydrogen) atoms. The van der Waals surface area contributed by atoms with E-state index in [1.54, 1.807) is 6.20 Å². The predicted octanol–water partition coefficient (Wildman–Crippen LogP) is 4.22. The molecule has 0 saturated heterocycles. The van der Waals surface area contributed by atoms with Gasteiger partial charge in [0.25, 0.3) is 6.01 Å². The maximum atomic E-state index is 6.09. The van der Waals surface area contributed by atoms with E-state index in [2.05, 4.69) is 30.7 Å². The Kier molecular flexibility index (Phi) is 3.84. The van der Waals surface area contributed by atoms with Crippen LogP contribution in [0.5, 0.6) is 11.8 Å². The second-order valence-corrected chi connectivity index (χ2v) is 7.75. The van der Waals surface area contributed by atoms with Crippen LogP contribution < -0.4 is 9.47 Å². The third-order valence-corrected chi connectivity index (χ3v) is 4.51. The van der Waals surface area contributed by atoms with Crippen LogP contribution >= 0.6 is 11.6 Å². The predicted molar refractivity (Wildman–Crippen MR) is 97.6 cm³/mol. The van der Waals surface area contributed by atoms with Crippen molar-refractivity contribution in [3.63, 3.8) is 0 Å². The monoisotopic (exact) mass is 357 g/mol. The topological polar surface area (TPSA) is 49.2 Å². The van der Waals surface area contributed by atoms with Crippen molar-refractivity contribution in [1.82, 2.24) is 14.5 Å². The number of nitrogens with zero attached hydrogens (tertiary/aromatic N) is 3. The number of hydrogen-bond donors (Lipinski definition) is 0. The van der Waals surface area contributed by atoms with Crippen molar-refractivity contribution in [3.05, 3.63) is 47.2 Å². The quantitative estimate of drug-likeness (QED) is 0.704. The molecule has 1 atom stereocenters. The number of pyridine rings is 1. The first kappa shape index (κ1) is 16.2. The minimum Gasteiger partial charge on any atom is -0.488 e. The van der Waals surface area contributed by atoms with Gasteiger partial charge < -0.3 is 9.47 Å². The van der Waals surface area contributed by atoms with Crippen molar-refractivity contribution >= 4 is 22.6 Å².